The van der Waals surface area contributed by atoms with Crippen LogP contribution in [0.4, 0.5) is 5.82 Å². The van der Waals surface area contributed by atoms with Gasteiger partial charge in [0.15, 0.2) is 5.65 Å². The predicted octanol–water partition coefficient (Wildman–Crippen LogP) is 2.71. The number of benzene rings is 1. The van der Waals surface area contributed by atoms with E-state index in [9.17, 15) is 0 Å². The molecule has 18 heavy (non-hydrogen) atoms. The van der Waals surface area contributed by atoms with Crippen LogP contribution in [0, 0.1) is 13.8 Å². The van der Waals surface area contributed by atoms with Gasteiger partial charge < -0.3 is 5.73 Å². The Morgan fingerprint density at radius 3 is 2.83 bits per heavy atom. The highest BCUT2D eigenvalue weighted by molar-refractivity contribution is 9.10. The van der Waals surface area contributed by atoms with Crippen molar-refractivity contribution >= 4 is 32.8 Å². The summed E-state index contributed by atoms with van der Waals surface area (Å²) >= 11 is 3.46. The van der Waals surface area contributed by atoms with E-state index >= 15 is 0 Å². The molecule has 0 atom stereocenters. The van der Waals surface area contributed by atoms with E-state index in [0.29, 0.717) is 5.82 Å². The van der Waals surface area contributed by atoms with Crippen molar-refractivity contribution in [1.82, 2.24) is 20.0 Å². The number of rotatable bonds is 1. The Hall–Kier alpha value is -1.82. The molecular formula is C12H12BrN5. The van der Waals surface area contributed by atoms with E-state index in [2.05, 4.69) is 31.2 Å². The number of nitrogens with two attached hydrogens (primary N) is 1. The third-order valence-electron chi connectivity index (χ3n) is 2.97. The zero-order valence-corrected chi connectivity index (χ0v) is 11.6. The van der Waals surface area contributed by atoms with Crippen molar-refractivity contribution in [2.24, 2.45) is 0 Å². The zero-order valence-electron chi connectivity index (χ0n) is 10.0. The highest BCUT2D eigenvalue weighted by Gasteiger charge is 2.15. The molecule has 92 valence electrons. The van der Waals surface area contributed by atoms with E-state index in [4.69, 9.17) is 5.73 Å². The minimum atomic E-state index is 0.559. The number of H-pyrrole nitrogens is 1. The maximum atomic E-state index is 5.85. The molecule has 0 saturated heterocycles. The first kappa shape index (κ1) is 11.3. The van der Waals surface area contributed by atoms with E-state index in [1.807, 2.05) is 36.7 Å². The summed E-state index contributed by atoms with van der Waals surface area (Å²) in [5, 5.41) is 12.4. The van der Waals surface area contributed by atoms with Crippen LogP contribution in [0.1, 0.15) is 11.3 Å². The van der Waals surface area contributed by atoms with Crippen molar-refractivity contribution < 1.29 is 0 Å². The number of nitrogens with zero attached hydrogens (tertiary/aromatic N) is 3. The lowest BCUT2D eigenvalue weighted by Gasteiger charge is -2.06. The first-order valence-electron chi connectivity index (χ1n) is 5.53. The second-order valence-corrected chi connectivity index (χ2v) is 5.18. The summed E-state index contributed by atoms with van der Waals surface area (Å²) in [6.07, 6.45) is 0. The monoisotopic (exact) mass is 305 g/mol. The van der Waals surface area contributed by atoms with Crippen LogP contribution in [0.3, 0.4) is 0 Å². The highest BCUT2D eigenvalue weighted by atomic mass is 79.9. The number of halogens is 1. The number of fused-ring (bicyclic) bond motifs is 1. The molecule has 3 rings (SSSR count). The van der Waals surface area contributed by atoms with Crippen molar-refractivity contribution in [3.05, 3.63) is 33.9 Å². The largest absolute Gasteiger partial charge is 0.383 e. The zero-order chi connectivity index (χ0) is 12.9. The lowest BCUT2D eigenvalue weighted by molar-refractivity contribution is 0.859. The Morgan fingerprint density at radius 1 is 1.33 bits per heavy atom. The molecule has 0 radical (unpaired) electrons. The quantitative estimate of drug-likeness (QED) is 0.726. The highest BCUT2D eigenvalue weighted by Crippen LogP contribution is 2.26. The summed E-state index contributed by atoms with van der Waals surface area (Å²) in [5.41, 5.74) is 9.61. The number of hydrogen-bond donors (Lipinski definition) is 2. The molecule has 0 unspecified atom stereocenters. The van der Waals surface area contributed by atoms with Crippen LogP contribution >= 0.6 is 15.9 Å². The third kappa shape index (κ3) is 1.53. The second-order valence-electron chi connectivity index (χ2n) is 4.26. The molecule has 2 heterocycles. The van der Waals surface area contributed by atoms with E-state index < -0.39 is 0 Å². The smallest absolute Gasteiger partial charge is 0.186 e. The van der Waals surface area contributed by atoms with Gasteiger partial charge in [-0.05, 0) is 37.6 Å². The maximum absolute atomic E-state index is 5.85. The minimum Gasteiger partial charge on any atom is -0.383 e. The average molecular weight is 306 g/mol. The van der Waals surface area contributed by atoms with Crippen LogP contribution in [-0.4, -0.2) is 20.0 Å². The van der Waals surface area contributed by atoms with Crippen LogP contribution in [0.25, 0.3) is 16.7 Å². The predicted molar refractivity (Wildman–Crippen MR) is 74.8 cm³/mol. The fourth-order valence-electron chi connectivity index (χ4n) is 2.13. The number of aryl methyl sites for hydroxylation is 2. The van der Waals surface area contributed by atoms with Crippen molar-refractivity contribution in [2.75, 3.05) is 5.73 Å². The Bertz CT molecular complexity index is 740. The Labute approximate surface area is 112 Å². The average Bonchev–Trinajstić information content (AvgIpc) is 2.82. The summed E-state index contributed by atoms with van der Waals surface area (Å²) < 4.78 is 2.87. The molecule has 2 aromatic heterocycles. The number of aromatic amines is 1. The van der Waals surface area contributed by atoms with Gasteiger partial charge in [-0.1, -0.05) is 15.9 Å². The van der Waals surface area contributed by atoms with Crippen LogP contribution in [-0.2, 0) is 0 Å². The van der Waals surface area contributed by atoms with Crippen molar-refractivity contribution in [3.8, 4) is 5.69 Å². The van der Waals surface area contributed by atoms with Gasteiger partial charge in [0.05, 0.1) is 16.8 Å². The molecule has 0 saturated carbocycles. The van der Waals surface area contributed by atoms with Gasteiger partial charge in [0, 0.05) is 4.47 Å². The minimum absolute atomic E-state index is 0.559. The molecule has 3 N–H and O–H groups in total. The maximum Gasteiger partial charge on any atom is 0.186 e. The third-order valence-corrected chi connectivity index (χ3v) is 3.47. The van der Waals surface area contributed by atoms with E-state index in [-0.39, 0.29) is 0 Å². The van der Waals surface area contributed by atoms with Gasteiger partial charge in [-0.2, -0.15) is 10.2 Å². The summed E-state index contributed by atoms with van der Waals surface area (Å²) in [6.45, 7) is 3.97. The topological polar surface area (TPSA) is 72.5 Å². The number of anilines is 1. The summed E-state index contributed by atoms with van der Waals surface area (Å²) in [7, 11) is 0. The van der Waals surface area contributed by atoms with Gasteiger partial charge in [0.2, 0.25) is 0 Å². The molecule has 0 fully saturated rings. The molecule has 0 spiro atoms. The number of nitrogen functional groups attached to an aromatic ring is 1. The SMILES string of the molecule is Cc1cc(Br)ccc1-n1nc(C)c2c(N)[nH]nc21. The molecule has 0 amide bonds. The molecule has 3 aromatic rings. The molecule has 1 aromatic carbocycles. The molecule has 0 bridgehead atoms. The van der Waals surface area contributed by atoms with Crippen LogP contribution < -0.4 is 5.73 Å². The number of aromatic nitrogens is 4. The summed E-state index contributed by atoms with van der Waals surface area (Å²) in [6, 6.07) is 6.05. The standard InChI is InChI=1S/C12H12BrN5/c1-6-5-8(13)3-4-9(6)18-12-10(7(2)17-18)11(14)15-16-12/h3-5H,1-2H3,(H3,14,15,16). The molecule has 6 heteroatoms. The van der Waals surface area contributed by atoms with E-state index in [0.717, 1.165) is 32.5 Å². The van der Waals surface area contributed by atoms with E-state index in [1.165, 1.54) is 0 Å². The summed E-state index contributed by atoms with van der Waals surface area (Å²) in [4.78, 5) is 0. The van der Waals surface area contributed by atoms with Gasteiger partial charge in [-0.25, -0.2) is 4.68 Å². The van der Waals surface area contributed by atoms with Crippen LogP contribution in [0.5, 0.6) is 0 Å². The van der Waals surface area contributed by atoms with Gasteiger partial charge in [-0.3, -0.25) is 5.10 Å². The molecule has 5 nitrogen and oxygen atoms in total. The van der Waals surface area contributed by atoms with Crippen LogP contribution in [0.2, 0.25) is 0 Å². The Morgan fingerprint density at radius 2 is 2.11 bits per heavy atom. The second kappa shape index (κ2) is 3.84. The van der Waals surface area contributed by atoms with E-state index in [1.54, 1.807) is 0 Å². The lowest BCUT2D eigenvalue weighted by atomic mass is 10.2. The van der Waals surface area contributed by atoms with Gasteiger partial charge in [0.1, 0.15) is 5.82 Å². The Kier molecular flexibility index (Phi) is 2.41. The first-order valence-corrected chi connectivity index (χ1v) is 6.33. The number of hydrogen-bond acceptors (Lipinski definition) is 3. The molecular weight excluding hydrogens is 294 g/mol. The van der Waals surface area contributed by atoms with Crippen molar-refractivity contribution in [3.63, 3.8) is 0 Å². The number of nitrogens with one attached hydrogen (secondary N) is 1. The molecule has 0 aliphatic carbocycles. The fraction of sp³-hybridized carbons (Fsp3) is 0.167. The molecule has 0 aliphatic rings. The lowest BCUT2D eigenvalue weighted by Crippen LogP contribution is -2.00. The fourth-order valence-corrected chi connectivity index (χ4v) is 2.60. The van der Waals surface area contributed by atoms with Crippen LogP contribution in [0.15, 0.2) is 22.7 Å². The normalized spacial score (nSPS) is 11.3. The first-order chi connectivity index (χ1) is 8.58. The van der Waals surface area contributed by atoms with Crippen molar-refractivity contribution in [2.45, 2.75) is 13.8 Å². The van der Waals surface area contributed by atoms with Gasteiger partial charge in [-0.15, -0.1) is 0 Å². The summed E-state index contributed by atoms with van der Waals surface area (Å²) in [5.74, 6) is 0.559. The Balaban J connectivity index is 2.32. The van der Waals surface area contributed by atoms with Crippen molar-refractivity contribution in [1.29, 1.82) is 0 Å². The molecule has 0 aliphatic heterocycles. The van der Waals surface area contributed by atoms with Gasteiger partial charge in [0.25, 0.3) is 0 Å². The van der Waals surface area contributed by atoms with Gasteiger partial charge >= 0.3 is 0 Å².